The Labute approximate surface area is 257 Å². The Kier molecular flexibility index (Phi) is 12.8. The molecular formula is C27H26I3NO6. The van der Waals surface area contributed by atoms with E-state index >= 15 is 0 Å². The normalized spacial score (nSPS) is 11.6. The van der Waals surface area contributed by atoms with Crippen LogP contribution in [-0.4, -0.2) is 36.6 Å². The van der Waals surface area contributed by atoms with Gasteiger partial charge in [-0.3, -0.25) is 9.59 Å². The quantitative estimate of drug-likeness (QED) is 0.0926. The van der Waals surface area contributed by atoms with Crippen molar-refractivity contribution >= 4 is 96.8 Å². The Morgan fingerprint density at radius 3 is 1.32 bits per heavy atom. The van der Waals surface area contributed by atoms with Crippen molar-refractivity contribution in [2.24, 2.45) is 0 Å². The number of carbonyl (C=O) groups excluding carboxylic acids is 2. The summed E-state index contributed by atoms with van der Waals surface area (Å²) in [7, 11) is 0. The van der Waals surface area contributed by atoms with Gasteiger partial charge in [0, 0.05) is 17.1 Å². The number of alkyl halides is 3. The lowest BCUT2D eigenvalue weighted by molar-refractivity contribution is -0.142. The molecule has 0 aliphatic rings. The van der Waals surface area contributed by atoms with Gasteiger partial charge in [-0.2, -0.15) is 0 Å². The maximum absolute atomic E-state index is 11.5. The average Bonchev–Trinajstić information content (AvgIpc) is 2.95. The summed E-state index contributed by atoms with van der Waals surface area (Å²) in [5.41, 5.74) is 5.54. The van der Waals surface area contributed by atoms with Crippen molar-refractivity contribution in [3.63, 3.8) is 0 Å². The Hall–Kier alpha value is -1.49. The molecule has 3 aromatic carbocycles. The van der Waals surface area contributed by atoms with E-state index in [0.717, 1.165) is 33.8 Å². The van der Waals surface area contributed by atoms with Crippen LogP contribution in [0.3, 0.4) is 0 Å². The molecule has 196 valence electrons. The molecule has 0 aromatic heterocycles. The van der Waals surface area contributed by atoms with Gasteiger partial charge < -0.3 is 24.2 Å². The average molecular weight is 841 g/mol. The van der Waals surface area contributed by atoms with Gasteiger partial charge in [-0.15, -0.1) is 0 Å². The van der Waals surface area contributed by atoms with Gasteiger partial charge in [0.2, 0.25) is 0 Å². The second-order valence-corrected chi connectivity index (χ2v) is 10.2. The summed E-state index contributed by atoms with van der Waals surface area (Å²) in [4.78, 5) is 25.1. The van der Waals surface area contributed by atoms with Crippen LogP contribution in [0.2, 0.25) is 0 Å². The molecule has 1 atom stereocenters. The van der Waals surface area contributed by atoms with Crippen LogP contribution < -0.4 is 4.90 Å². The summed E-state index contributed by atoms with van der Waals surface area (Å²) in [5, 5.41) is 9.68. The fourth-order valence-corrected chi connectivity index (χ4v) is 4.01. The number of hydrogen-bond acceptors (Lipinski definition) is 7. The van der Waals surface area contributed by atoms with Crippen molar-refractivity contribution in [1.29, 1.82) is 0 Å². The molecule has 7 nitrogen and oxygen atoms in total. The lowest BCUT2D eigenvalue weighted by Gasteiger charge is -2.26. The van der Waals surface area contributed by atoms with Gasteiger partial charge >= 0.3 is 11.9 Å². The number of ether oxygens (including phenoxy) is 3. The molecule has 0 aliphatic heterocycles. The van der Waals surface area contributed by atoms with Gasteiger partial charge in [-0.25, -0.2) is 0 Å². The third-order valence-corrected chi connectivity index (χ3v) is 7.17. The Morgan fingerprint density at radius 1 is 0.649 bits per heavy atom. The van der Waals surface area contributed by atoms with E-state index in [0.29, 0.717) is 19.9 Å². The molecule has 0 fully saturated rings. The maximum atomic E-state index is 11.5. The van der Waals surface area contributed by atoms with Crippen molar-refractivity contribution in [3.8, 4) is 0 Å². The zero-order valence-electron chi connectivity index (χ0n) is 19.8. The topological polar surface area (TPSA) is 85.3 Å². The molecule has 0 amide bonds. The fraction of sp³-hybridized carbons (Fsp3) is 0.259. The molecular weight excluding hydrogens is 815 g/mol. The summed E-state index contributed by atoms with van der Waals surface area (Å²) < 4.78 is 17.0. The van der Waals surface area contributed by atoms with Gasteiger partial charge in [0.05, 0.1) is 19.9 Å². The lowest BCUT2D eigenvalue weighted by Crippen LogP contribution is -2.13. The minimum Gasteiger partial charge on any atom is -0.460 e. The van der Waals surface area contributed by atoms with Gasteiger partial charge in [0.1, 0.15) is 13.2 Å². The number of anilines is 3. The molecule has 0 aliphatic carbocycles. The monoisotopic (exact) mass is 841 g/mol. The number of carbonyl (C=O) groups is 2. The van der Waals surface area contributed by atoms with E-state index in [1.807, 2.05) is 118 Å². The van der Waals surface area contributed by atoms with Crippen molar-refractivity contribution in [1.82, 2.24) is 0 Å². The molecule has 0 bridgehead atoms. The van der Waals surface area contributed by atoms with Crippen LogP contribution in [0.1, 0.15) is 16.7 Å². The summed E-state index contributed by atoms with van der Waals surface area (Å²) in [6.45, 7) is 0.773. The van der Waals surface area contributed by atoms with Crippen LogP contribution in [0.4, 0.5) is 17.1 Å². The zero-order valence-corrected chi connectivity index (χ0v) is 26.3. The highest BCUT2D eigenvalue weighted by Gasteiger charge is 2.14. The second-order valence-electron chi connectivity index (χ2n) is 7.84. The molecule has 0 saturated heterocycles. The number of aliphatic hydroxyl groups excluding tert-OH is 1. The predicted molar refractivity (Wildman–Crippen MR) is 168 cm³/mol. The lowest BCUT2D eigenvalue weighted by atomic mass is 10.1. The number of hydrogen-bond donors (Lipinski definition) is 1. The first-order chi connectivity index (χ1) is 17.9. The van der Waals surface area contributed by atoms with Gasteiger partial charge in [-0.05, 0) is 53.1 Å². The number of esters is 2. The van der Waals surface area contributed by atoms with Crippen LogP contribution in [0.5, 0.6) is 0 Å². The standard InChI is InChI=1S/C27H26I3NO6/c28-13-25(32)35-16-19-1-7-22(8-2-19)31(23-9-3-20(4-10-23)17-36-26(33)14-29)24-11-5-21(6-12-24)18-37-27(34)15-30/h1-12,25,32H,13-18H2. The van der Waals surface area contributed by atoms with E-state index in [1.165, 1.54) is 0 Å². The summed E-state index contributed by atoms with van der Waals surface area (Å²) in [5.74, 6) is -0.490. The van der Waals surface area contributed by atoms with Crippen LogP contribution in [0, 0.1) is 0 Å². The molecule has 1 N–H and O–H groups in total. The van der Waals surface area contributed by atoms with Crippen LogP contribution in [-0.2, 0) is 43.6 Å². The second kappa shape index (κ2) is 15.8. The minimum absolute atomic E-state index is 0.227. The molecule has 3 aromatic rings. The Morgan fingerprint density at radius 2 is 1.00 bits per heavy atom. The summed E-state index contributed by atoms with van der Waals surface area (Å²) in [6, 6.07) is 23.6. The molecule has 37 heavy (non-hydrogen) atoms. The van der Waals surface area contributed by atoms with Crippen LogP contribution in [0.25, 0.3) is 0 Å². The van der Waals surface area contributed by atoms with Crippen molar-refractivity contribution < 1.29 is 28.9 Å². The number of nitrogens with zero attached hydrogens (tertiary/aromatic N) is 1. The number of benzene rings is 3. The zero-order chi connectivity index (χ0) is 26.6. The number of rotatable bonds is 13. The van der Waals surface area contributed by atoms with E-state index < -0.39 is 6.29 Å². The van der Waals surface area contributed by atoms with Crippen LogP contribution in [0.15, 0.2) is 72.8 Å². The van der Waals surface area contributed by atoms with E-state index in [9.17, 15) is 14.7 Å². The first-order valence-electron chi connectivity index (χ1n) is 11.3. The highest BCUT2D eigenvalue weighted by atomic mass is 127. The molecule has 0 spiro atoms. The fourth-order valence-electron chi connectivity index (χ4n) is 3.31. The molecule has 1 unspecified atom stereocenters. The maximum Gasteiger partial charge on any atom is 0.316 e. The van der Waals surface area contributed by atoms with Gasteiger partial charge in [-0.1, -0.05) is 104 Å². The Balaban J connectivity index is 1.85. The predicted octanol–water partition coefficient (Wildman–Crippen LogP) is 6.38. The van der Waals surface area contributed by atoms with E-state index in [1.54, 1.807) is 0 Å². The number of aliphatic hydroxyl groups is 1. The van der Waals surface area contributed by atoms with Crippen molar-refractivity contribution in [2.75, 3.05) is 18.2 Å². The summed E-state index contributed by atoms with van der Waals surface area (Å²) >= 11 is 6.04. The van der Waals surface area contributed by atoms with E-state index in [2.05, 4.69) is 27.5 Å². The van der Waals surface area contributed by atoms with Gasteiger partial charge in [0.15, 0.2) is 6.29 Å². The SMILES string of the molecule is O=C(CI)OCc1ccc(N(c2ccc(COC(=O)CI)cc2)c2ccc(COC(O)CI)cc2)cc1. The molecule has 0 radical (unpaired) electrons. The molecule has 10 heteroatoms. The van der Waals surface area contributed by atoms with Crippen molar-refractivity contribution in [3.05, 3.63) is 89.5 Å². The largest absolute Gasteiger partial charge is 0.460 e. The highest BCUT2D eigenvalue weighted by molar-refractivity contribution is 14.1. The highest BCUT2D eigenvalue weighted by Crippen LogP contribution is 2.35. The molecule has 3 rings (SSSR count). The summed E-state index contributed by atoms with van der Waals surface area (Å²) in [6.07, 6.45) is -0.791. The number of halogens is 3. The Bertz CT molecular complexity index is 1080. The van der Waals surface area contributed by atoms with Gasteiger partial charge in [0.25, 0.3) is 0 Å². The first-order valence-corrected chi connectivity index (χ1v) is 15.9. The molecule has 0 saturated carbocycles. The smallest absolute Gasteiger partial charge is 0.316 e. The minimum atomic E-state index is -0.791. The molecule has 0 heterocycles. The third kappa shape index (κ3) is 9.64. The van der Waals surface area contributed by atoms with E-state index in [-0.39, 0.29) is 25.2 Å². The first kappa shape index (κ1) is 30.1. The van der Waals surface area contributed by atoms with E-state index in [4.69, 9.17) is 14.2 Å². The van der Waals surface area contributed by atoms with Crippen LogP contribution >= 0.6 is 67.8 Å². The third-order valence-electron chi connectivity index (χ3n) is 5.18. The van der Waals surface area contributed by atoms with Crippen molar-refractivity contribution in [2.45, 2.75) is 26.1 Å².